The molecule has 3 nitrogen and oxygen atoms in total. The van der Waals surface area contributed by atoms with E-state index >= 15 is 0 Å². The van der Waals surface area contributed by atoms with Crippen LogP contribution in [0.3, 0.4) is 0 Å². The lowest BCUT2D eigenvalue weighted by Crippen LogP contribution is -2.43. The summed E-state index contributed by atoms with van der Waals surface area (Å²) in [6.45, 7) is 0. The van der Waals surface area contributed by atoms with Crippen LogP contribution in [0.1, 0.15) is 0 Å². The van der Waals surface area contributed by atoms with Gasteiger partial charge >= 0.3 is 0 Å². The fraction of sp³-hybridized carbons (Fsp3) is 0.385. The molecule has 4 rings (SSSR count). The van der Waals surface area contributed by atoms with Crippen LogP contribution in [-0.2, 0) is 0 Å². The van der Waals surface area contributed by atoms with Crippen LogP contribution in [-0.4, -0.2) is 35.4 Å². The first kappa shape index (κ1) is 8.93. The van der Waals surface area contributed by atoms with Crippen LogP contribution in [0.4, 0.5) is 0 Å². The van der Waals surface area contributed by atoms with E-state index in [1.165, 1.54) is 0 Å². The van der Waals surface area contributed by atoms with Crippen LogP contribution < -0.4 is 10.6 Å². The topological polar surface area (TPSA) is 27.3 Å². The predicted molar refractivity (Wildman–Crippen MR) is 63.6 cm³/mol. The third-order valence-corrected chi connectivity index (χ3v) is 3.90. The summed E-state index contributed by atoms with van der Waals surface area (Å²) >= 11 is 0. The molecule has 16 heavy (non-hydrogen) atoms. The van der Waals surface area contributed by atoms with Gasteiger partial charge in [0.2, 0.25) is 0 Å². The van der Waals surface area contributed by atoms with Crippen LogP contribution in [0.2, 0.25) is 0 Å². The molecule has 0 saturated carbocycles. The Morgan fingerprint density at radius 3 is 1.75 bits per heavy atom. The molecule has 0 aromatic carbocycles. The maximum atomic E-state index is 3.62. The highest BCUT2D eigenvalue weighted by atomic mass is 15.5. The maximum Gasteiger partial charge on any atom is 0.116 e. The molecule has 2 aliphatic carbocycles. The monoisotopic (exact) mass is 213 g/mol. The van der Waals surface area contributed by atoms with Crippen LogP contribution in [0.25, 0.3) is 0 Å². The van der Waals surface area contributed by atoms with Crippen molar-refractivity contribution in [2.75, 3.05) is 0 Å². The zero-order valence-electron chi connectivity index (χ0n) is 8.95. The van der Waals surface area contributed by atoms with Crippen molar-refractivity contribution in [3.63, 3.8) is 0 Å². The molecule has 0 spiro atoms. The van der Waals surface area contributed by atoms with Gasteiger partial charge in [0.1, 0.15) is 6.29 Å². The van der Waals surface area contributed by atoms with Crippen molar-refractivity contribution in [1.29, 1.82) is 0 Å². The van der Waals surface area contributed by atoms with Crippen LogP contribution in [0, 0.1) is 0 Å². The molecule has 2 N–H and O–H groups in total. The van der Waals surface area contributed by atoms with Gasteiger partial charge in [-0.15, -0.1) is 0 Å². The van der Waals surface area contributed by atoms with Crippen molar-refractivity contribution >= 4 is 0 Å². The Bertz CT molecular complexity index is 383. The lowest BCUT2D eigenvalue weighted by Gasteiger charge is -2.29. The van der Waals surface area contributed by atoms with E-state index in [1.807, 2.05) is 0 Å². The fourth-order valence-corrected chi connectivity index (χ4v) is 3.20. The third kappa shape index (κ3) is 1.08. The van der Waals surface area contributed by atoms with E-state index in [1.54, 1.807) is 0 Å². The summed E-state index contributed by atoms with van der Waals surface area (Å²) in [6, 6.07) is 1.91. The van der Waals surface area contributed by atoms with E-state index in [4.69, 9.17) is 0 Å². The molecule has 2 saturated heterocycles. The lowest BCUT2D eigenvalue weighted by atomic mass is 9.98. The Labute approximate surface area is 95.2 Å². The van der Waals surface area contributed by atoms with Gasteiger partial charge in [-0.05, 0) is 0 Å². The van der Waals surface area contributed by atoms with Crippen molar-refractivity contribution < 1.29 is 0 Å². The molecule has 4 atom stereocenters. The molecule has 0 amide bonds. The first-order valence-corrected chi connectivity index (χ1v) is 5.93. The van der Waals surface area contributed by atoms with Gasteiger partial charge in [0, 0.05) is 12.1 Å². The first-order valence-electron chi connectivity index (χ1n) is 5.93. The SMILES string of the molecule is C1=CC2NC3NC4C=CC=CC4N3C2C=C1. The molecule has 0 bridgehead atoms. The van der Waals surface area contributed by atoms with Crippen molar-refractivity contribution in [1.82, 2.24) is 15.5 Å². The fourth-order valence-electron chi connectivity index (χ4n) is 3.20. The molecule has 82 valence electrons. The quantitative estimate of drug-likeness (QED) is 0.614. The number of rotatable bonds is 0. The maximum absolute atomic E-state index is 3.62. The van der Waals surface area contributed by atoms with Gasteiger partial charge in [0.05, 0.1) is 12.1 Å². The number of hydrogen-bond acceptors (Lipinski definition) is 3. The average Bonchev–Trinajstić information content (AvgIpc) is 2.83. The Hall–Kier alpha value is -1.16. The number of fused-ring (bicyclic) bond motifs is 5. The molecule has 3 heteroatoms. The van der Waals surface area contributed by atoms with E-state index < -0.39 is 0 Å². The largest absolute Gasteiger partial charge is 0.281 e. The summed E-state index contributed by atoms with van der Waals surface area (Å²) in [6.07, 6.45) is 18.0. The summed E-state index contributed by atoms with van der Waals surface area (Å²) in [4.78, 5) is 2.54. The molecule has 0 aromatic rings. The van der Waals surface area contributed by atoms with E-state index in [2.05, 4.69) is 64.1 Å². The minimum Gasteiger partial charge on any atom is -0.281 e. The molecular weight excluding hydrogens is 198 g/mol. The summed E-state index contributed by atoms with van der Waals surface area (Å²) in [5.41, 5.74) is 0. The molecule has 2 heterocycles. The van der Waals surface area contributed by atoms with Gasteiger partial charge in [-0.2, -0.15) is 0 Å². The van der Waals surface area contributed by atoms with Crippen LogP contribution in [0.5, 0.6) is 0 Å². The minimum absolute atomic E-state index is 0.310. The van der Waals surface area contributed by atoms with Crippen molar-refractivity contribution in [2.45, 2.75) is 30.5 Å². The van der Waals surface area contributed by atoms with Gasteiger partial charge in [0.25, 0.3) is 0 Å². The first-order chi connectivity index (χ1) is 7.93. The Morgan fingerprint density at radius 2 is 1.19 bits per heavy atom. The lowest BCUT2D eigenvalue weighted by molar-refractivity contribution is 0.223. The zero-order chi connectivity index (χ0) is 10.5. The molecule has 0 radical (unpaired) electrons. The highest BCUT2D eigenvalue weighted by molar-refractivity contribution is 5.30. The van der Waals surface area contributed by atoms with Crippen molar-refractivity contribution in [3.8, 4) is 0 Å². The van der Waals surface area contributed by atoms with Crippen molar-refractivity contribution in [3.05, 3.63) is 48.6 Å². The molecule has 4 aliphatic rings. The molecular formula is C13H15N3. The highest BCUT2D eigenvalue weighted by Crippen LogP contribution is 2.31. The standard InChI is InChI=1S/C13H15N3/c1-3-7-11-9(5-1)14-13-15-10-6-2-4-8-12(10)16(11)13/h1-15H. The second-order valence-electron chi connectivity index (χ2n) is 4.76. The van der Waals surface area contributed by atoms with Crippen molar-refractivity contribution in [2.24, 2.45) is 0 Å². The highest BCUT2D eigenvalue weighted by Gasteiger charge is 2.49. The van der Waals surface area contributed by atoms with Gasteiger partial charge in [0.15, 0.2) is 0 Å². The summed E-state index contributed by atoms with van der Waals surface area (Å²) in [5, 5.41) is 7.24. The summed E-state index contributed by atoms with van der Waals surface area (Å²) < 4.78 is 0. The average molecular weight is 213 g/mol. The molecule has 4 unspecified atom stereocenters. The zero-order valence-corrected chi connectivity index (χ0v) is 8.95. The van der Waals surface area contributed by atoms with E-state index in [0.717, 1.165) is 0 Å². The number of hydrogen-bond donors (Lipinski definition) is 2. The van der Waals surface area contributed by atoms with Gasteiger partial charge in [-0.25, -0.2) is 0 Å². The predicted octanol–water partition coefficient (Wildman–Crippen LogP) is 0.505. The number of allylic oxidation sites excluding steroid dienone is 4. The number of nitrogens with zero attached hydrogens (tertiary/aromatic N) is 1. The third-order valence-electron chi connectivity index (χ3n) is 3.90. The summed E-state index contributed by atoms with van der Waals surface area (Å²) in [5.74, 6) is 0. The van der Waals surface area contributed by atoms with E-state index in [9.17, 15) is 0 Å². The van der Waals surface area contributed by atoms with E-state index in [-0.39, 0.29) is 0 Å². The Balaban J connectivity index is 1.70. The molecule has 2 aliphatic heterocycles. The Morgan fingerprint density at radius 1 is 0.688 bits per heavy atom. The Kier molecular flexibility index (Phi) is 1.77. The van der Waals surface area contributed by atoms with Gasteiger partial charge < -0.3 is 0 Å². The normalized spacial score (nSPS) is 48.1. The minimum atomic E-state index is 0.310. The summed E-state index contributed by atoms with van der Waals surface area (Å²) in [7, 11) is 0. The van der Waals surface area contributed by atoms with Gasteiger partial charge in [-0.3, -0.25) is 15.5 Å². The second-order valence-corrected chi connectivity index (χ2v) is 4.76. The molecule has 0 aromatic heterocycles. The van der Waals surface area contributed by atoms with Crippen LogP contribution in [0.15, 0.2) is 48.6 Å². The van der Waals surface area contributed by atoms with Gasteiger partial charge in [-0.1, -0.05) is 48.6 Å². The molecule has 2 fully saturated rings. The van der Waals surface area contributed by atoms with Crippen LogP contribution >= 0.6 is 0 Å². The smallest absolute Gasteiger partial charge is 0.116 e. The number of nitrogens with one attached hydrogen (secondary N) is 2. The van der Waals surface area contributed by atoms with E-state index in [0.29, 0.717) is 30.5 Å². The second kappa shape index (κ2) is 3.17.